The van der Waals surface area contributed by atoms with Crippen LogP contribution in [0.1, 0.15) is 22.8 Å². The van der Waals surface area contributed by atoms with Gasteiger partial charge in [-0.05, 0) is 36.9 Å². The lowest BCUT2D eigenvalue weighted by Gasteiger charge is -2.10. The van der Waals surface area contributed by atoms with E-state index in [4.69, 9.17) is 4.74 Å². The molecule has 0 fully saturated rings. The second-order valence-electron chi connectivity index (χ2n) is 4.85. The predicted molar refractivity (Wildman–Crippen MR) is 91.8 cm³/mol. The van der Waals surface area contributed by atoms with E-state index in [1.165, 1.54) is 5.56 Å². The molecule has 3 nitrogen and oxygen atoms in total. The van der Waals surface area contributed by atoms with E-state index >= 15 is 0 Å². The second-order valence-corrected chi connectivity index (χ2v) is 6.15. The number of thioether (sulfide) groups is 1. The number of carbonyl (C=O) groups is 1. The minimum Gasteiger partial charge on any atom is -0.492 e. The maximum Gasteiger partial charge on any atom is 0.252 e. The zero-order chi connectivity index (χ0) is 15.8. The number of rotatable bonds is 7. The second kappa shape index (κ2) is 8.49. The lowest BCUT2D eigenvalue weighted by molar-refractivity contribution is 0.0944. The van der Waals surface area contributed by atoms with Gasteiger partial charge in [-0.25, -0.2) is 0 Å². The highest BCUT2D eigenvalue weighted by Gasteiger charge is 2.10. The molecule has 0 unspecified atom stereocenters. The summed E-state index contributed by atoms with van der Waals surface area (Å²) in [6.07, 6.45) is 0. The molecule has 0 aliphatic carbocycles. The smallest absolute Gasteiger partial charge is 0.252 e. The van der Waals surface area contributed by atoms with Gasteiger partial charge in [-0.2, -0.15) is 0 Å². The lowest BCUT2D eigenvalue weighted by atomic mass is 10.2. The quantitative estimate of drug-likeness (QED) is 0.622. The van der Waals surface area contributed by atoms with Crippen LogP contribution >= 0.6 is 11.8 Å². The van der Waals surface area contributed by atoms with Crippen molar-refractivity contribution in [3.05, 3.63) is 59.7 Å². The SMILES string of the molecule is CCSc1ccccc1C(=O)NCCOc1ccc(C)cc1. The molecule has 0 atom stereocenters. The molecule has 116 valence electrons. The fraction of sp³-hybridized carbons (Fsp3) is 0.278. The molecule has 2 rings (SSSR count). The minimum absolute atomic E-state index is 0.0518. The molecule has 0 radical (unpaired) electrons. The van der Waals surface area contributed by atoms with Crippen molar-refractivity contribution >= 4 is 17.7 Å². The van der Waals surface area contributed by atoms with Gasteiger partial charge in [-0.3, -0.25) is 4.79 Å². The first-order valence-electron chi connectivity index (χ1n) is 7.40. The lowest BCUT2D eigenvalue weighted by Crippen LogP contribution is -2.28. The van der Waals surface area contributed by atoms with Crippen LogP contribution in [0.4, 0.5) is 0 Å². The zero-order valence-corrected chi connectivity index (χ0v) is 13.8. The molecule has 2 aromatic rings. The molecule has 0 aliphatic rings. The van der Waals surface area contributed by atoms with Crippen molar-refractivity contribution in [2.24, 2.45) is 0 Å². The first-order chi connectivity index (χ1) is 10.7. The van der Waals surface area contributed by atoms with E-state index in [9.17, 15) is 4.79 Å². The fourth-order valence-electron chi connectivity index (χ4n) is 2.00. The van der Waals surface area contributed by atoms with Gasteiger partial charge in [0.15, 0.2) is 0 Å². The molecule has 2 aromatic carbocycles. The van der Waals surface area contributed by atoms with Crippen LogP contribution in [0.2, 0.25) is 0 Å². The number of hydrogen-bond acceptors (Lipinski definition) is 3. The summed E-state index contributed by atoms with van der Waals surface area (Å²) in [6, 6.07) is 15.6. The molecule has 0 aromatic heterocycles. The Balaban J connectivity index is 1.81. The monoisotopic (exact) mass is 315 g/mol. The highest BCUT2D eigenvalue weighted by molar-refractivity contribution is 7.99. The average molecular weight is 315 g/mol. The van der Waals surface area contributed by atoms with Crippen LogP contribution in [-0.2, 0) is 0 Å². The van der Waals surface area contributed by atoms with Gasteiger partial charge in [-0.15, -0.1) is 11.8 Å². The maximum atomic E-state index is 12.2. The Morgan fingerprint density at radius 1 is 1.14 bits per heavy atom. The van der Waals surface area contributed by atoms with Gasteiger partial charge in [-0.1, -0.05) is 36.8 Å². The van der Waals surface area contributed by atoms with Crippen molar-refractivity contribution in [2.45, 2.75) is 18.7 Å². The normalized spacial score (nSPS) is 10.3. The molecule has 1 amide bonds. The molecule has 0 bridgehead atoms. The van der Waals surface area contributed by atoms with Crippen LogP contribution in [0, 0.1) is 6.92 Å². The van der Waals surface area contributed by atoms with Crippen LogP contribution in [0.25, 0.3) is 0 Å². The molecule has 0 spiro atoms. The molecular weight excluding hydrogens is 294 g/mol. The van der Waals surface area contributed by atoms with Gasteiger partial charge < -0.3 is 10.1 Å². The van der Waals surface area contributed by atoms with Crippen LogP contribution in [0.15, 0.2) is 53.4 Å². The first-order valence-corrected chi connectivity index (χ1v) is 8.38. The van der Waals surface area contributed by atoms with E-state index in [-0.39, 0.29) is 5.91 Å². The number of carbonyl (C=O) groups excluding carboxylic acids is 1. The van der Waals surface area contributed by atoms with Crippen molar-refractivity contribution in [3.63, 3.8) is 0 Å². The van der Waals surface area contributed by atoms with Crippen LogP contribution < -0.4 is 10.1 Å². The summed E-state index contributed by atoms with van der Waals surface area (Å²) in [5.41, 5.74) is 1.93. The van der Waals surface area contributed by atoms with Crippen molar-refractivity contribution in [2.75, 3.05) is 18.9 Å². The first kappa shape index (κ1) is 16.4. The van der Waals surface area contributed by atoms with Gasteiger partial charge in [0.2, 0.25) is 0 Å². The number of aryl methyl sites for hydroxylation is 1. The van der Waals surface area contributed by atoms with E-state index in [1.807, 2.05) is 55.5 Å². The Morgan fingerprint density at radius 3 is 2.59 bits per heavy atom. The number of amides is 1. The highest BCUT2D eigenvalue weighted by atomic mass is 32.2. The third-order valence-electron chi connectivity index (χ3n) is 3.11. The summed E-state index contributed by atoms with van der Waals surface area (Å²) in [6.45, 7) is 5.06. The summed E-state index contributed by atoms with van der Waals surface area (Å²) in [5.74, 6) is 1.71. The Kier molecular flexibility index (Phi) is 6.34. The third-order valence-corrected chi connectivity index (χ3v) is 4.06. The van der Waals surface area contributed by atoms with Crippen LogP contribution in [-0.4, -0.2) is 24.8 Å². The standard InChI is InChI=1S/C18H21NO2S/c1-3-22-17-7-5-4-6-16(17)18(20)19-12-13-21-15-10-8-14(2)9-11-15/h4-11H,3,12-13H2,1-2H3,(H,19,20). The van der Waals surface area contributed by atoms with Crippen molar-refractivity contribution in [1.82, 2.24) is 5.32 Å². The topological polar surface area (TPSA) is 38.3 Å². The van der Waals surface area contributed by atoms with Gasteiger partial charge >= 0.3 is 0 Å². The molecule has 0 saturated carbocycles. The van der Waals surface area contributed by atoms with Gasteiger partial charge in [0.1, 0.15) is 12.4 Å². The summed E-state index contributed by atoms with van der Waals surface area (Å²) in [7, 11) is 0. The van der Waals surface area contributed by atoms with E-state index in [0.717, 1.165) is 22.0 Å². The number of benzene rings is 2. The summed E-state index contributed by atoms with van der Waals surface area (Å²) in [5, 5.41) is 2.90. The molecule has 0 saturated heterocycles. The van der Waals surface area contributed by atoms with E-state index in [0.29, 0.717) is 13.2 Å². The highest BCUT2D eigenvalue weighted by Crippen LogP contribution is 2.22. The zero-order valence-electron chi connectivity index (χ0n) is 13.0. The third kappa shape index (κ3) is 4.81. The van der Waals surface area contributed by atoms with Crippen molar-refractivity contribution in [1.29, 1.82) is 0 Å². The molecular formula is C18H21NO2S. The van der Waals surface area contributed by atoms with Crippen molar-refractivity contribution in [3.8, 4) is 5.75 Å². The Bertz CT molecular complexity index is 611. The summed E-state index contributed by atoms with van der Waals surface area (Å²) >= 11 is 1.68. The van der Waals surface area contributed by atoms with E-state index < -0.39 is 0 Å². The van der Waals surface area contributed by atoms with Gasteiger partial charge in [0.25, 0.3) is 5.91 Å². The summed E-state index contributed by atoms with van der Waals surface area (Å²) < 4.78 is 5.61. The largest absolute Gasteiger partial charge is 0.492 e. The predicted octanol–water partition coefficient (Wildman–Crippen LogP) is 3.92. The summed E-state index contributed by atoms with van der Waals surface area (Å²) in [4.78, 5) is 13.2. The van der Waals surface area contributed by atoms with Gasteiger partial charge in [0.05, 0.1) is 12.1 Å². The molecule has 1 N–H and O–H groups in total. The number of ether oxygens (including phenoxy) is 1. The molecule has 22 heavy (non-hydrogen) atoms. The van der Waals surface area contributed by atoms with E-state index in [2.05, 4.69) is 12.2 Å². The number of nitrogens with one attached hydrogen (secondary N) is 1. The Labute approximate surface area is 136 Å². The average Bonchev–Trinajstić information content (AvgIpc) is 2.54. The molecule has 4 heteroatoms. The minimum atomic E-state index is -0.0518. The van der Waals surface area contributed by atoms with Crippen molar-refractivity contribution < 1.29 is 9.53 Å². The maximum absolute atomic E-state index is 12.2. The number of hydrogen-bond donors (Lipinski definition) is 1. The van der Waals surface area contributed by atoms with Gasteiger partial charge in [0, 0.05) is 4.90 Å². The molecule has 0 heterocycles. The van der Waals surface area contributed by atoms with Crippen LogP contribution in [0.5, 0.6) is 5.75 Å². The van der Waals surface area contributed by atoms with Crippen LogP contribution in [0.3, 0.4) is 0 Å². The fourth-order valence-corrected chi connectivity index (χ4v) is 2.80. The Morgan fingerprint density at radius 2 is 1.86 bits per heavy atom. The molecule has 0 aliphatic heterocycles. The van der Waals surface area contributed by atoms with E-state index in [1.54, 1.807) is 11.8 Å². The Hall–Kier alpha value is -1.94.